The van der Waals surface area contributed by atoms with E-state index >= 15 is 0 Å². The highest BCUT2D eigenvalue weighted by molar-refractivity contribution is 5.49. The van der Waals surface area contributed by atoms with Crippen molar-refractivity contribution in [2.24, 2.45) is 0 Å². The van der Waals surface area contributed by atoms with E-state index < -0.39 is 5.92 Å². The Morgan fingerprint density at radius 2 is 1.50 bits per heavy atom. The van der Waals surface area contributed by atoms with Crippen LogP contribution in [0.1, 0.15) is 39.2 Å². The summed E-state index contributed by atoms with van der Waals surface area (Å²) in [6, 6.07) is 8.29. The van der Waals surface area contributed by atoms with Crippen LogP contribution in [0.25, 0.3) is 0 Å². The molecule has 1 heterocycles. The Balaban J connectivity index is 2.07. The lowest BCUT2D eigenvalue weighted by Crippen LogP contribution is -2.39. The Morgan fingerprint density at radius 3 is 1.94 bits per heavy atom. The molecule has 0 aliphatic carbocycles. The van der Waals surface area contributed by atoms with Crippen LogP contribution in [0.15, 0.2) is 24.3 Å². The third-order valence-corrected chi connectivity index (χ3v) is 3.59. The molecule has 1 nitrogen and oxygen atoms in total. The number of anilines is 1. The van der Waals surface area contributed by atoms with Crippen LogP contribution in [0.4, 0.5) is 14.5 Å². The van der Waals surface area contributed by atoms with Crippen molar-refractivity contribution >= 4 is 5.69 Å². The molecule has 0 amide bonds. The molecular formula is C15H21F2N. The van der Waals surface area contributed by atoms with E-state index in [0.29, 0.717) is 13.1 Å². The summed E-state index contributed by atoms with van der Waals surface area (Å²) in [5, 5.41) is 0. The first-order valence-corrected chi connectivity index (χ1v) is 6.51. The third kappa shape index (κ3) is 3.01. The maximum Gasteiger partial charge on any atom is 0.251 e. The number of alkyl halides is 2. The smallest absolute Gasteiger partial charge is 0.251 e. The first-order chi connectivity index (χ1) is 8.28. The Bertz CT molecular complexity index is 393. The molecule has 0 saturated carbocycles. The van der Waals surface area contributed by atoms with Crippen molar-refractivity contribution < 1.29 is 8.78 Å². The Morgan fingerprint density at radius 1 is 1.00 bits per heavy atom. The van der Waals surface area contributed by atoms with E-state index in [9.17, 15) is 8.78 Å². The van der Waals surface area contributed by atoms with E-state index in [2.05, 4.69) is 32.9 Å². The van der Waals surface area contributed by atoms with Gasteiger partial charge in [-0.25, -0.2) is 8.78 Å². The molecule has 1 saturated heterocycles. The molecule has 0 unspecified atom stereocenters. The Kier molecular flexibility index (Phi) is 3.35. The second-order valence-electron chi connectivity index (χ2n) is 6.14. The Labute approximate surface area is 108 Å². The highest BCUT2D eigenvalue weighted by Crippen LogP contribution is 2.31. The molecule has 1 aliphatic heterocycles. The van der Waals surface area contributed by atoms with Gasteiger partial charge in [-0.15, -0.1) is 0 Å². The minimum Gasteiger partial charge on any atom is -0.371 e. The van der Waals surface area contributed by atoms with Crippen molar-refractivity contribution in [2.75, 3.05) is 18.0 Å². The van der Waals surface area contributed by atoms with Crippen molar-refractivity contribution in [2.45, 2.75) is 45.0 Å². The predicted molar refractivity (Wildman–Crippen MR) is 71.5 cm³/mol. The fourth-order valence-corrected chi connectivity index (χ4v) is 2.26. The molecule has 2 rings (SSSR count). The molecule has 1 aliphatic rings. The summed E-state index contributed by atoms with van der Waals surface area (Å²) in [7, 11) is 0. The van der Waals surface area contributed by atoms with Crippen molar-refractivity contribution in [1.29, 1.82) is 0 Å². The number of piperidine rings is 1. The molecule has 3 heteroatoms. The zero-order valence-electron chi connectivity index (χ0n) is 11.3. The molecule has 100 valence electrons. The van der Waals surface area contributed by atoms with Gasteiger partial charge in [-0.05, 0) is 23.1 Å². The normalized spacial score (nSPS) is 19.9. The fourth-order valence-electron chi connectivity index (χ4n) is 2.26. The second-order valence-corrected chi connectivity index (χ2v) is 6.14. The highest BCUT2D eigenvalue weighted by atomic mass is 19.3. The number of hydrogen-bond acceptors (Lipinski definition) is 1. The summed E-state index contributed by atoms with van der Waals surface area (Å²) in [6.07, 6.45) is -0.0674. The molecule has 18 heavy (non-hydrogen) atoms. The topological polar surface area (TPSA) is 3.24 Å². The predicted octanol–water partition coefficient (Wildman–Crippen LogP) is 4.22. The lowest BCUT2D eigenvalue weighted by atomic mass is 9.87. The Hall–Kier alpha value is -1.12. The average molecular weight is 253 g/mol. The summed E-state index contributed by atoms with van der Waals surface area (Å²) in [4.78, 5) is 2.05. The van der Waals surface area contributed by atoms with Crippen LogP contribution in [-0.4, -0.2) is 19.0 Å². The van der Waals surface area contributed by atoms with Crippen molar-refractivity contribution in [1.82, 2.24) is 0 Å². The maximum atomic E-state index is 13.1. The lowest BCUT2D eigenvalue weighted by molar-refractivity contribution is -0.0220. The van der Waals surface area contributed by atoms with Gasteiger partial charge < -0.3 is 4.90 Å². The van der Waals surface area contributed by atoms with E-state index in [1.807, 2.05) is 17.0 Å². The van der Waals surface area contributed by atoms with Gasteiger partial charge in [-0.1, -0.05) is 32.9 Å². The third-order valence-electron chi connectivity index (χ3n) is 3.59. The van der Waals surface area contributed by atoms with Crippen LogP contribution in [0.5, 0.6) is 0 Å². The minimum atomic E-state index is -2.47. The molecular weight excluding hydrogens is 232 g/mol. The number of benzene rings is 1. The molecule has 1 aromatic carbocycles. The van der Waals surface area contributed by atoms with Gasteiger partial charge in [0.25, 0.3) is 5.92 Å². The molecule has 1 aromatic rings. The standard InChI is InChI=1S/C15H21F2N/c1-14(2,3)12-4-6-13(7-5-12)18-10-8-15(16,17)9-11-18/h4-7H,8-11H2,1-3H3. The SMILES string of the molecule is CC(C)(C)c1ccc(N2CCC(F)(F)CC2)cc1. The van der Waals surface area contributed by atoms with E-state index in [1.165, 1.54) is 5.56 Å². The van der Waals surface area contributed by atoms with Gasteiger partial charge in [0.2, 0.25) is 0 Å². The van der Waals surface area contributed by atoms with Crippen LogP contribution in [0.3, 0.4) is 0 Å². The first kappa shape index (κ1) is 13.3. The molecule has 0 radical (unpaired) electrons. The van der Waals surface area contributed by atoms with Gasteiger partial charge >= 0.3 is 0 Å². The van der Waals surface area contributed by atoms with Crippen LogP contribution < -0.4 is 4.90 Å². The number of hydrogen-bond donors (Lipinski definition) is 0. The summed E-state index contributed by atoms with van der Waals surface area (Å²) >= 11 is 0. The first-order valence-electron chi connectivity index (χ1n) is 6.51. The summed E-state index contributed by atoms with van der Waals surface area (Å²) in [5.41, 5.74) is 2.46. The van der Waals surface area contributed by atoms with E-state index in [-0.39, 0.29) is 18.3 Å². The zero-order valence-corrected chi connectivity index (χ0v) is 11.3. The van der Waals surface area contributed by atoms with Gasteiger partial charge in [-0.2, -0.15) is 0 Å². The minimum absolute atomic E-state index is 0.0337. The van der Waals surface area contributed by atoms with E-state index in [1.54, 1.807) is 0 Å². The van der Waals surface area contributed by atoms with E-state index in [0.717, 1.165) is 5.69 Å². The van der Waals surface area contributed by atoms with E-state index in [4.69, 9.17) is 0 Å². The monoisotopic (exact) mass is 253 g/mol. The molecule has 1 fully saturated rings. The van der Waals surface area contributed by atoms with Crippen LogP contribution in [0.2, 0.25) is 0 Å². The fraction of sp³-hybridized carbons (Fsp3) is 0.600. The molecule has 0 N–H and O–H groups in total. The van der Waals surface area contributed by atoms with Gasteiger partial charge in [0.15, 0.2) is 0 Å². The van der Waals surface area contributed by atoms with Crippen LogP contribution in [-0.2, 0) is 5.41 Å². The number of halogens is 2. The van der Waals surface area contributed by atoms with Crippen LogP contribution in [0, 0.1) is 0 Å². The molecule has 0 spiro atoms. The van der Waals surface area contributed by atoms with Gasteiger partial charge in [-0.3, -0.25) is 0 Å². The highest BCUT2D eigenvalue weighted by Gasteiger charge is 2.34. The molecule has 0 atom stereocenters. The van der Waals surface area contributed by atoms with Gasteiger partial charge in [0, 0.05) is 31.6 Å². The van der Waals surface area contributed by atoms with Crippen molar-refractivity contribution in [3.8, 4) is 0 Å². The van der Waals surface area contributed by atoms with Crippen molar-refractivity contribution in [3.63, 3.8) is 0 Å². The molecule has 0 bridgehead atoms. The average Bonchev–Trinajstić information content (AvgIpc) is 2.28. The quantitative estimate of drug-likeness (QED) is 0.724. The number of nitrogens with zero attached hydrogens (tertiary/aromatic N) is 1. The lowest BCUT2D eigenvalue weighted by Gasteiger charge is -2.33. The second kappa shape index (κ2) is 4.52. The largest absolute Gasteiger partial charge is 0.371 e. The maximum absolute atomic E-state index is 13.1. The van der Waals surface area contributed by atoms with Crippen molar-refractivity contribution in [3.05, 3.63) is 29.8 Å². The summed E-state index contributed by atoms with van der Waals surface area (Å²) in [5.74, 6) is -2.47. The molecule has 0 aromatic heterocycles. The van der Waals surface area contributed by atoms with Crippen LogP contribution >= 0.6 is 0 Å². The summed E-state index contributed by atoms with van der Waals surface area (Å²) < 4.78 is 26.2. The number of rotatable bonds is 1. The zero-order chi connectivity index (χ0) is 13.4. The summed E-state index contributed by atoms with van der Waals surface area (Å²) in [6.45, 7) is 7.40. The van der Waals surface area contributed by atoms with Gasteiger partial charge in [0.05, 0.1) is 0 Å². The van der Waals surface area contributed by atoms with Gasteiger partial charge in [0.1, 0.15) is 0 Å².